The van der Waals surface area contributed by atoms with Gasteiger partial charge in [-0.2, -0.15) is 0 Å². The molecule has 0 spiro atoms. The Labute approximate surface area is 47.4 Å². The fraction of sp³-hybridized carbons (Fsp3) is 0.800. The molecule has 3 heteroatoms. The first-order chi connectivity index (χ1) is 3.48. The van der Waals surface area contributed by atoms with Gasteiger partial charge in [0.25, 0.3) is 5.92 Å². The minimum Gasteiger partial charge on any atom is -0.292 e. The maximum atomic E-state index is 12.0. The molecule has 0 saturated heterocycles. The summed E-state index contributed by atoms with van der Waals surface area (Å²) in [6.07, 6.45) is 0. The van der Waals surface area contributed by atoms with Gasteiger partial charge in [0.2, 0.25) is 0 Å². The van der Waals surface area contributed by atoms with Crippen LogP contribution >= 0.6 is 0 Å². The van der Waals surface area contributed by atoms with Crippen LogP contribution in [0.1, 0.15) is 13.8 Å². The van der Waals surface area contributed by atoms with Gasteiger partial charge in [0.15, 0.2) is 0 Å². The van der Waals surface area contributed by atoms with Gasteiger partial charge in [-0.15, -0.1) is 0 Å². The molecule has 0 aliphatic carbocycles. The molecule has 0 aromatic carbocycles. The van der Waals surface area contributed by atoms with Crippen LogP contribution in [0.3, 0.4) is 0 Å². The van der Waals surface area contributed by atoms with Gasteiger partial charge in [-0.05, 0) is 6.92 Å². The topological polar surface area (TPSA) is 12.4 Å². The van der Waals surface area contributed by atoms with Gasteiger partial charge in [0, 0.05) is 14.0 Å². The van der Waals surface area contributed by atoms with E-state index in [9.17, 15) is 8.78 Å². The number of alkyl halides is 2. The van der Waals surface area contributed by atoms with Crippen molar-refractivity contribution in [1.82, 2.24) is 0 Å². The fourth-order valence-electron chi connectivity index (χ4n) is 0.196. The van der Waals surface area contributed by atoms with E-state index in [1.807, 2.05) is 0 Å². The third-order valence-electron chi connectivity index (χ3n) is 0.971. The van der Waals surface area contributed by atoms with Crippen molar-refractivity contribution in [2.45, 2.75) is 19.8 Å². The summed E-state index contributed by atoms with van der Waals surface area (Å²) in [5, 5.41) is 0. The molecule has 0 amide bonds. The highest BCUT2D eigenvalue weighted by molar-refractivity contribution is 5.88. The van der Waals surface area contributed by atoms with Gasteiger partial charge in [0.05, 0.1) is 5.71 Å². The molecule has 0 fully saturated rings. The summed E-state index contributed by atoms with van der Waals surface area (Å²) in [6.45, 7) is 2.13. The zero-order chi connectivity index (χ0) is 6.78. The van der Waals surface area contributed by atoms with Crippen molar-refractivity contribution in [2.75, 3.05) is 7.05 Å². The Morgan fingerprint density at radius 3 is 1.88 bits per heavy atom. The van der Waals surface area contributed by atoms with Gasteiger partial charge in [-0.1, -0.05) is 0 Å². The molecule has 0 aromatic heterocycles. The fourth-order valence-corrected chi connectivity index (χ4v) is 0.196. The molecule has 0 aliphatic heterocycles. The number of halogens is 2. The smallest absolute Gasteiger partial charge is 0.282 e. The average molecular weight is 121 g/mol. The molecule has 0 N–H and O–H groups in total. The molecule has 0 aliphatic rings. The normalized spacial score (nSPS) is 14.4. The molecule has 48 valence electrons. The standard InChI is InChI=1S/C5H9F2N/c1-4(8-3)5(2,6)7/h1-3H3/b8-4+. The van der Waals surface area contributed by atoms with Gasteiger partial charge in [-0.3, -0.25) is 4.99 Å². The highest BCUT2D eigenvalue weighted by Crippen LogP contribution is 2.12. The highest BCUT2D eigenvalue weighted by atomic mass is 19.3. The lowest BCUT2D eigenvalue weighted by Gasteiger charge is -2.06. The number of hydrogen-bond acceptors (Lipinski definition) is 1. The zero-order valence-electron chi connectivity index (χ0n) is 5.20. The summed E-state index contributed by atoms with van der Waals surface area (Å²) >= 11 is 0. The van der Waals surface area contributed by atoms with Crippen molar-refractivity contribution in [1.29, 1.82) is 0 Å². The lowest BCUT2D eigenvalue weighted by molar-refractivity contribution is 0.0997. The summed E-state index contributed by atoms with van der Waals surface area (Å²) in [5.74, 6) is -2.74. The number of rotatable bonds is 1. The summed E-state index contributed by atoms with van der Waals surface area (Å²) < 4.78 is 24.0. The largest absolute Gasteiger partial charge is 0.292 e. The van der Waals surface area contributed by atoms with Gasteiger partial charge >= 0.3 is 0 Å². The van der Waals surface area contributed by atoms with Crippen molar-refractivity contribution in [3.63, 3.8) is 0 Å². The Bertz CT molecular complexity index is 101. The van der Waals surface area contributed by atoms with E-state index in [4.69, 9.17) is 0 Å². The van der Waals surface area contributed by atoms with Crippen LogP contribution in [0.5, 0.6) is 0 Å². The Hall–Kier alpha value is -0.470. The molecular formula is C5H9F2N. The molecule has 0 radical (unpaired) electrons. The number of aliphatic imine (C=N–C) groups is 1. The molecule has 0 saturated carbocycles. The van der Waals surface area contributed by atoms with Crippen LogP contribution in [0.25, 0.3) is 0 Å². The average Bonchev–Trinajstić information content (AvgIpc) is 1.62. The molecule has 0 heterocycles. The predicted molar refractivity (Wildman–Crippen MR) is 29.7 cm³/mol. The van der Waals surface area contributed by atoms with E-state index in [2.05, 4.69) is 4.99 Å². The van der Waals surface area contributed by atoms with E-state index in [0.29, 0.717) is 0 Å². The second kappa shape index (κ2) is 2.20. The summed E-state index contributed by atoms with van der Waals surface area (Å²) in [7, 11) is 1.35. The molecule has 0 unspecified atom stereocenters. The number of hydrogen-bond donors (Lipinski definition) is 0. The van der Waals surface area contributed by atoms with Crippen LogP contribution in [0, 0.1) is 0 Å². The quantitative estimate of drug-likeness (QED) is 0.468. The van der Waals surface area contributed by atoms with E-state index < -0.39 is 5.92 Å². The first kappa shape index (κ1) is 7.53. The predicted octanol–water partition coefficient (Wildman–Crippen LogP) is 1.73. The van der Waals surface area contributed by atoms with Crippen molar-refractivity contribution < 1.29 is 8.78 Å². The first-order valence-electron chi connectivity index (χ1n) is 2.30. The molecule has 0 atom stereocenters. The Balaban J connectivity index is 4.03. The summed E-state index contributed by atoms with van der Waals surface area (Å²) in [6, 6.07) is 0. The molecule has 0 aromatic rings. The SMILES string of the molecule is C/N=C(\C)C(C)(F)F. The van der Waals surface area contributed by atoms with Crippen molar-refractivity contribution >= 4 is 5.71 Å². The Morgan fingerprint density at radius 2 is 1.88 bits per heavy atom. The van der Waals surface area contributed by atoms with Crippen LogP contribution in [-0.2, 0) is 0 Å². The maximum Gasteiger partial charge on any atom is 0.282 e. The van der Waals surface area contributed by atoms with Crippen molar-refractivity contribution in [3.8, 4) is 0 Å². The Morgan fingerprint density at radius 1 is 1.50 bits per heavy atom. The third kappa shape index (κ3) is 2.00. The van der Waals surface area contributed by atoms with Crippen LogP contribution in [0.4, 0.5) is 8.78 Å². The van der Waals surface area contributed by atoms with Crippen LogP contribution < -0.4 is 0 Å². The highest BCUT2D eigenvalue weighted by Gasteiger charge is 2.24. The van der Waals surface area contributed by atoms with E-state index in [0.717, 1.165) is 6.92 Å². The first-order valence-corrected chi connectivity index (χ1v) is 2.30. The lowest BCUT2D eigenvalue weighted by Crippen LogP contribution is -2.20. The molecular weight excluding hydrogens is 112 g/mol. The van der Waals surface area contributed by atoms with Crippen molar-refractivity contribution in [2.24, 2.45) is 4.99 Å². The zero-order valence-corrected chi connectivity index (χ0v) is 5.20. The van der Waals surface area contributed by atoms with Crippen LogP contribution in [0.2, 0.25) is 0 Å². The van der Waals surface area contributed by atoms with E-state index in [1.54, 1.807) is 0 Å². The number of nitrogens with zero attached hydrogens (tertiary/aromatic N) is 1. The lowest BCUT2D eigenvalue weighted by atomic mass is 10.3. The van der Waals surface area contributed by atoms with Gasteiger partial charge in [-0.25, -0.2) is 8.78 Å². The molecule has 1 nitrogen and oxygen atoms in total. The van der Waals surface area contributed by atoms with Gasteiger partial charge < -0.3 is 0 Å². The van der Waals surface area contributed by atoms with Crippen LogP contribution in [0.15, 0.2) is 4.99 Å². The van der Waals surface area contributed by atoms with E-state index >= 15 is 0 Å². The second-order valence-electron chi connectivity index (χ2n) is 1.70. The monoisotopic (exact) mass is 121 g/mol. The molecule has 8 heavy (non-hydrogen) atoms. The van der Waals surface area contributed by atoms with E-state index in [1.165, 1.54) is 14.0 Å². The van der Waals surface area contributed by atoms with Gasteiger partial charge in [0.1, 0.15) is 0 Å². The van der Waals surface area contributed by atoms with E-state index in [-0.39, 0.29) is 5.71 Å². The maximum absolute atomic E-state index is 12.0. The summed E-state index contributed by atoms with van der Waals surface area (Å²) in [5.41, 5.74) is -0.127. The second-order valence-corrected chi connectivity index (χ2v) is 1.70. The van der Waals surface area contributed by atoms with Crippen LogP contribution in [-0.4, -0.2) is 18.7 Å². The minimum atomic E-state index is -2.74. The molecule has 0 rings (SSSR count). The molecule has 0 bridgehead atoms. The minimum absolute atomic E-state index is 0.127. The third-order valence-corrected chi connectivity index (χ3v) is 0.971. The van der Waals surface area contributed by atoms with Crippen molar-refractivity contribution in [3.05, 3.63) is 0 Å². The summed E-state index contributed by atoms with van der Waals surface area (Å²) in [4.78, 5) is 3.33. The Kier molecular flexibility index (Phi) is 2.07.